The van der Waals surface area contributed by atoms with E-state index >= 15 is 0 Å². The Hall–Kier alpha value is -3.28. The minimum Gasteiger partial charge on any atom is -0.507 e. The summed E-state index contributed by atoms with van der Waals surface area (Å²) in [6, 6.07) is 12.9. The van der Waals surface area contributed by atoms with Gasteiger partial charge in [0.25, 0.3) is 0 Å². The topological polar surface area (TPSA) is 77.4 Å². The Morgan fingerprint density at radius 3 is 2.11 bits per heavy atom. The first kappa shape index (κ1) is 28.0. The predicted molar refractivity (Wildman–Crippen MR) is 141 cm³/mol. The number of rotatable bonds is 17. The average Bonchev–Trinajstić information content (AvgIpc) is 2.85. The Kier molecular flexibility index (Phi) is 13.1. The van der Waals surface area contributed by atoms with Crippen molar-refractivity contribution in [2.45, 2.75) is 65.2 Å². The van der Waals surface area contributed by atoms with Crippen molar-refractivity contribution < 1.29 is 24.1 Å². The molecule has 0 fully saturated rings. The Balaban J connectivity index is 1.67. The van der Waals surface area contributed by atoms with Gasteiger partial charge in [-0.2, -0.15) is 0 Å². The average molecular weight is 482 g/mol. The van der Waals surface area contributed by atoms with Gasteiger partial charge in [0.15, 0.2) is 0 Å². The zero-order chi connectivity index (χ0) is 25.3. The van der Waals surface area contributed by atoms with Crippen LogP contribution in [0.4, 0.5) is 5.69 Å². The molecule has 0 atom stereocenters. The number of phenols is 1. The van der Waals surface area contributed by atoms with E-state index in [4.69, 9.17) is 14.2 Å². The van der Waals surface area contributed by atoms with Gasteiger partial charge in [-0.3, -0.25) is 4.99 Å². The molecule has 0 spiro atoms. The summed E-state index contributed by atoms with van der Waals surface area (Å²) in [7, 11) is 0. The Morgan fingerprint density at radius 1 is 0.886 bits per heavy atom. The number of unbranched alkanes of at least 4 members (excludes halogenated alkanes) is 6. The summed E-state index contributed by atoms with van der Waals surface area (Å²) in [6.07, 6.45) is 10.0. The van der Waals surface area contributed by atoms with Crippen LogP contribution in [-0.2, 0) is 9.53 Å². The molecule has 0 heterocycles. The minimum atomic E-state index is -0.336. The lowest BCUT2D eigenvalue weighted by atomic mass is 10.2. The number of carbonyl (C=O) groups excluding carboxylic acids is 1. The van der Waals surface area contributed by atoms with E-state index in [2.05, 4.69) is 18.5 Å². The Labute approximate surface area is 209 Å². The first-order valence-electron chi connectivity index (χ1n) is 12.5. The standard InChI is InChI=1S/C29H39NO5/c1-4-5-6-9-18-33-26-16-13-25(14-17-26)30-22-24-12-15-27(21-28(24)31)34-19-10-7-8-11-20-35-29(32)23(2)3/h12-17,21-22,31H,2,4-11,18-20H2,1,3H3. The summed E-state index contributed by atoms with van der Waals surface area (Å²) in [4.78, 5) is 15.7. The predicted octanol–water partition coefficient (Wildman–Crippen LogP) is 7.16. The quantitative estimate of drug-likeness (QED) is 0.112. The van der Waals surface area contributed by atoms with Crippen LogP contribution >= 0.6 is 0 Å². The van der Waals surface area contributed by atoms with Crippen LogP contribution in [0.3, 0.4) is 0 Å². The fraction of sp³-hybridized carbons (Fsp3) is 0.448. The summed E-state index contributed by atoms with van der Waals surface area (Å²) in [5.74, 6) is 1.25. The van der Waals surface area contributed by atoms with E-state index < -0.39 is 0 Å². The number of carbonyl (C=O) groups is 1. The molecule has 0 amide bonds. The molecule has 6 heteroatoms. The van der Waals surface area contributed by atoms with Crippen LogP contribution in [0, 0.1) is 0 Å². The first-order valence-corrected chi connectivity index (χ1v) is 12.5. The second-order valence-electron chi connectivity index (χ2n) is 8.56. The molecule has 0 unspecified atom stereocenters. The van der Waals surface area contributed by atoms with E-state index in [0.29, 0.717) is 30.1 Å². The second kappa shape index (κ2) is 16.4. The van der Waals surface area contributed by atoms with Gasteiger partial charge >= 0.3 is 5.97 Å². The number of benzene rings is 2. The summed E-state index contributed by atoms with van der Waals surface area (Å²) >= 11 is 0. The van der Waals surface area contributed by atoms with Crippen molar-refractivity contribution in [2.75, 3.05) is 19.8 Å². The van der Waals surface area contributed by atoms with Crippen LogP contribution in [0.2, 0.25) is 0 Å². The number of aromatic hydroxyl groups is 1. The van der Waals surface area contributed by atoms with Crippen molar-refractivity contribution in [1.82, 2.24) is 0 Å². The third-order valence-corrected chi connectivity index (χ3v) is 5.35. The van der Waals surface area contributed by atoms with Gasteiger partial charge in [-0.25, -0.2) is 4.79 Å². The maximum Gasteiger partial charge on any atom is 0.333 e. The van der Waals surface area contributed by atoms with Gasteiger partial charge in [-0.1, -0.05) is 32.8 Å². The molecule has 2 rings (SSSR count). The lowest BCUT2D eigenvalue weighted by molar-refractivity contribution is -0.139. The SMILES string of the molecule is C=C(C)C(=O)OCCCCCCOc1ccc(C=Nc2ccc(OCCCCCC)cc2)c(O)c1. The summed E-state index contributed by atoms with van der Waals surface area (Å²) in [5, 5.41) is 10.3. The summed E-state index contributed by atoms with van der Waals surface area (Å²) in [6.45, 7) is 9.11. The fourth-order valence-electron chi connectivity index (χ4n) is 3.25. The van der Waals surface area contributed by atoms with Crippen molar-refractivity contribution in [3.63, 3.8) is 0 Å². The molecule has 2 aromatic rings. The van der Waals surface area contributed by atoms with Gasteiger partial charge in [0.05, 0.1) is 25.5 Å². The normalized spacial score (nSPS) is 10.9. The molecule has 0 radical (unpaired) electrons. The maximum atomic E-state index is 11.3. The maximum absolute atomic E-state index is 11.3. The van der Waals surface area contributed by atoms with Crippen LogP contribution in [0.1, 0.15) is 70.8 Å². The second-order valence-corrected chi connectivity index (χ2v) is 8.56. The van der Waals surface area contributed by atoms with E-state index in [9.17, 15) is 9.90 Å². The molecule has 0 saturated carbocycles. The van der Waals surface area contributed by atoms with Gasteiger partial charge < -0.3 is 19.3 Å². The van der Waals surface area contributed by atoms with Gasteiger partial charge in [0, 0.05) is 23.4 Å². The highest BCUT2D eigenvalue weighted by Crippen LogP contribution is 2.24. The van der Waals surface area contributed by atoms with E-state index in [1.54, 1.807) is 25.3 Å². The highest BCUT2D eigenvalue weighted by Gasteiger charge is 2.04. The monoisotopic (exact) mass is 481 g/mol. The number of esters is 1. The molecule has 0 aliphatic heterocycles. The largest absolute Gasteiger partial charge is 0.507 e. The molecule has 6 nitrogen and oxygen atoms in total. The molecule has 1 N–H and O–H groups in total. The van der Waals surface area contributed by atoms with Crippen molar-refractivity contribution in [3.05, 3.63) is 60.2 Å². The van der Waals surface area contributed by atoms with Crippen molar-refractivity contribution in [1.29, 1.82) is 0 Å². The molecule has 0 aliphatic rings. The molecule has 0 aromatic heterocycles. The number of phenolic OH excluding ortho intramolecular Hbond substituents is 1. The third kappa shape index (κ3) is 11.6. The number of hydrogen-bond acceptors (Lipinski definition) is 6. The number of ether oxygens (including phenoxy) is 3. The van der Waals surface area contributed by atoms with Crippen molar-refractivity contribution in [3.8, 4) is 17.2 Å². The van der Waals surface area contributed by atoms with Crippen LogP contribution < -0.4 is 9.47 Å². The zero-order valence-corrected chi connectivity index (χ0v) is 21.1. The van der Waals surface area contributed by atoms with E-state index in [-0.39, 0.29) is 11.7 Å². The Bertz CT molecular complexity index is 937. The van der Waals surface area contributed by atoms with Gasteiger partial charge in [0.1, 0.15) is 17.2 Å². The molecule has 35 heavy (non-hydrogen) atoms. The van der Waals surface area contributed by atoms with E-state index in [1.165, 1.54) is 19.3 Å². The number of aliphatic imine (C=N–C) groups is 1. The zero-order valence-electron chi connectivity index (χ0n) is 21.1. The highest BCUT2D eigenvalue weighted by atomic mass is 16.5. The molecular weight excluding hydrogens is 442 g/mol. The van der Waals surface area contributed by atoms with Crippen LogP contribution in [0.5, 0.6) is 17.2 Å². The van der Waals surface area contributed by atoms with E-state index in [0.717, 1.165) is 50.1 Å². The van der Waals surface area contributed by atoms with Gasteiger partial charge in [-0.15, -0.1) is 0 Å². The lowest BCUT2D eigenvalue weighted by Crippen LogP contribution is -2.06. The van der Waals surface area contributed by atoms with Gasteiger partial charge in [-0.05, 0) is 75.4 Å². The minimum absolute atomic E-state index is 0.123. The molecule has 0 saturated heterocycles. The van der Waals surface area contributed by atoms with Crippen molar-refractivity contribution in [2.24, 2.45) is 4.99 Å². The van der Waals surface area contributed by atoms with Crippen molar-refractivity contribution >= 4 is 17.9 Å². The number of hydrogen-bond donors (Lipinski definition) is 1. The lowest BCUT2D eigenvalue weighted by Gasteiger charge is -2.08. The van der Waals surface area contributed by atoms with Gasteiger partial charge in [0.2, 0.25) is 0 Å². The molecular formula is C29H39NO5. The van der Waals surface area contributed by atoms with E-state index in [1.807, 2.05) is 30.3 Å². The summed E-state index contributed by atoms with van der Waals surface area (Å²) in [5.41, 5.74) is 1.84. The molecule has 190 valence electrons. The Morgan fingerprint density at radius 2 is 1.49 bits per heavy atom. The van der Waals surface area contributed by atoms with Crippen LogP contribution in [0.25, 0.3) is 0 Å². The van der Waals surface area contributed by atoms with Crippen LogP contribution in [-0.4, -0.2) is 37.1 Å². The van der Waals surface area contributed by atoms with Crippen LogP contribution in [0.15, 0.2) is 59.6 Å². The third-order valence-electron chi connectivity index (χ3n) is 5.35. The molecule has 0 bridgehead atoms. The first-order chi connectivity index (χ1) is 17.0. The smallest absolute Gasteiger partial charge is 0.333 e. The fourth-order valence-corrected chi connectivity index (χ4v) is 3.25. The summed E-state index contributed by atoms with van der Waals surface area (Å²) < 4.78 is 16.6. The number of nitrogens with zero attached hydrogens (tertiary/aromatic N) is 1. The highest BCUT2D eigenvalue weighted by molar-refractivity contribution is 5.87. The molecule has 2 aromatic carbocycles. The molecule has 0 aliphatic carbocycles.